The van der Waals surface area contributed by atoms with Crippen molar-refractivity contribution in [1.82, 2.24) is 19.8 Å². The second-order valence-corrected chi connectivity index (χ2v) is 10.3. The summed E-state index contributed by atoms with van der Waals surface area (Å²) >= 11 is 5.99. The van der Waals surface area contributed by atoms with E-state index in [9.17, 15) is 0 Å². The Balaban J connectivity index is 1.66. The summed E-state index contributed by atoms with van der Waals surface area (Å²) in [5.74, 6) is 0. The van der Waals surface area contributed by atoms with Crippen molar-refractivity contribution in [3.05, 3.63) is 82.4 Å². The van der Waals surface area contributed by atoms with Crippen molar-refractivity contribution in [3.63, 3.8) is 0 Å². The highest BCUT2D eigenvalue weighted by Gasteiger charge is 2.44. The Labute approximate surface area is 209 Å². The molecule has 5 heteroatoms. The van der Waals surface area contributed by atoms with Crippen LogP contribution in [0.3, 0.4) is 0 Å². The smallest absolute Gasteiger partial charge is 0.170 e. The maximum absolute atomic E-state index is 5.99. The first-order chi connectivity index (χ1) is 16.5. The fourth-order valence-electron chi connectivity index (χ4n) is 6.21. The highest BCUT2D eigenvalue weighted by Crippen LogP contribution is 2.44. The Morgan fingerprint density at radius 3 is 2.53 bits per heavy atom. The van der Waals surface area contributed by atoms with E-state index in [1.165, 1.54) is 65.9 Å². The van der Waals surface area contributed by atoms with E-state index in [0.29, 0.717) is 6.04 Å². The van der Waals surface area contributed by atoms with Gasteiger partial charge in [0.1, 0.15) is 0 Å². The molecule has 3 heterocycles. The molecule has 0 spiro atoms. The van der Waals surface area contributed by atoms with Crippen molar-refractivity contribution in [3.8, 4) is 5.69 Å². The molecule has 178 valence electrons. The Kier molecular flexibility index (Phi) is 6.48. The molecule has 0 radical (unpaired) electrons. The normalized spacial score (nSPS) is 21.2. The Morgan fingerprint density at radius 1 is 1.03 bits per heavy atom. The summed E-state index contributed by atoms with van der Waals surface area (Å²) in [6.07, 6.45) is 9.24. The molecule has 2 atom stereocenters. The van der Waals surface area contributed by atoms with E-state index >= 15 is 0 Å². The fourth-order valence-corrected chi connectivity index (χ4v) is 6.60. The zero-order valence-electron chi connectivity index (χ0n) is 20.8. The van der Waals surface area contributed by atoms with Gasteiger partial charge in [0.25, 0.3) is 0 Å². The number of rotatable bonds is 5. The highest BCUT2D eigenvalue weighted by atomic mass is 32.1. The number of nitrogens with zero attached hydrogens (tertiary/aromatic N) is 3. The SMILES string of the molecule is CCc1cccc(C)c1-n1c(C)cc([C@@H]2[C@@H](c3ccccn3)NC(=S)N2C2CCCCC2)c1C. The summed E-state index contributed by atoms with van der Waals surface area (Å²) in [4.78, 5) is 7.28. The quantitative estimate of drug-likeness (QED) is 0.421. The minimum atomic E-state index is 0.0482. The van der Waals surface area contributed by atoms with E-state index in [1.54, 1.807) is 0 Å². The van der Waals surface area contributed by atoms with Crippen LogP contribution in [0.2, 0.25) is 0 Å². The van der Waals surface area contributed by atoms with Gasteiger partial charge in [-0.25, -0.2) is 0 Å². The van der Waals surface area contributed by atoms with Gasteiger partial charge in [-0.3, -0.25) is 4.98 Å². The van der Waals surface area contributed by atoms with E-state index < -0.39 is 0 Å². The monoisotopic (exact) mass is 472 g/mol. The molecule has 2 aromatic heterocycles. The Hall–Kier alpha value is -2.66. The number of thiocarbonyl (C=S) groups is 1. The molecular weight excluding hydrogens is 436 g/mol. The number of aromatic nitrogens is 2. The van der Waals surface area contributed by atoms with Gasteiger partial charge in [-0.2, -0.15) is 0 Å². The average Bonchev–Trinajstić information content (AvgIpc) is 3.35. The fraction of sp³-hybridized carbons (Fsp3) is 0.448. The standard InChI is InChI=1S/C29H36N4S/c1-5-22-13-11-12-19(2)27(22)32-20(3)18-24(21(32)4)28-26(25-16-9-10-17-30-25)31-29(34)33(28)23-14-7-6-8-15-23/h9-13,16-18,23,26,28H,5-8,14-15H2,1-4H3,(H,31,34)/t26-,28-/m1/s1. The molecule has 1 aliphatic carbocycles. The molecule has 2 aliphatic rings. The topological polar surface area (TPSA) is 33.1 Å². The second-order valence-electron chi connectivity index (χ2n) is 9.92. The van der Waals surface area contributed by atoms with Crippen LogP contribution in [0, 0.1) is 20.8 Å². The summed E-state index contributed by atoms with van der Waals surface area (Å²) in [6, 6.07) is 15.9. The summed E-state index contributed by atoms with van der Waals surface area (Å²) in [5, 5.41) is 4.56. The molecule has 0 bridgehead atoms. The third kappa shape index (κ3) is 3.94. The van der Waals surface area contributed by atoms with E-state index in [-0.39, 0.29) is 12.1 Å². The third-order valence-corrected chi connectivity index (χ3v) is 8.15. The lowest BCUT2D eigenvalue weighted by atomic mass is 9.90. The minimum Gasteiger partial charge on any atom is -0.352 e. The van der Waals surface area contributed by atoms with Crippen LogP contribution >= 0.6 is 12.2 Å². The van der Waals surface area contributed by atoms with Crippen molar-refractivity contribution in [1.29, 1.82) is 0 Å². The molecule has 0 unspecified atom stereocenters. The first kappa shape index (κ1) is 23.1. The van der Waals surface area contributed by atoms with Crippen LogP contribution < -0.4 is 5.32 Å². The van der Waals surface area contributed by atoms with Crippen LogP contribution in [0.4, 0.5) is 0 Å². The van der Waals surface area contributed by atoms with Crippen LogP contribution in [0.15, 0.2) is 48.7 Å². The van der Waals surface area contributed by atoms with Gasteiger partial charge in [0.05, 0.1) is 23.5 Å². The van der Waals surface area contributed by atoms with Crippen molar-refractivity contribution < 1.29 is 0 Å². The van der Waals surface area contributed by atoms with Crippen LogP contribution in [-0.4, -0.2) is 25.6 Å². The minimum absolute atomic E-state index is 0.0482. The first-order valence-corrected chi connectivity index (χ1v) is 13.2. The van der Waals surface area contributed by atoms with Gasteiger partial charge in [0.2, 0.25) is 0 Å². The number of nitrogens with one attached hydrogen (secondary N) is 1. The van der Waals surface area contributed by atoms with Crippen LogP contribution in [0.1, 0.15) is 84.9 Å². The van der Waals surface area contributed by atoms with Gasteiger partial charge in [0, 0.05) is 23.6 Å². The molecule has 1 saturated heterocycles. The van der Waals surface area contributed by atoms with Crippen LogP contribution in [-0.2, 0) is 6.42 Å². The number of aryl methyl sites for hydroxylation is 3. The number of hydrogen-bond donors (Lipinski definition) is 1. The van der Waals surface area contributed by atoms with Gasteiger partial charge in [-0.05, 0) is 87.1 Å². The van der Waals surface area contributed by atoms with Crippen LogP contribution in [0.5, 0.6) is 0 Å². The van der Waals surface area contributed by atoms with E-state index in [1.807, 2.05) is 12.3 Å². The van der Waals surface area contributed by atoms with Crippen molar-refractivity contribution in [2.24, 2.45) is 0 Å². The number of benzene rings is 1. The molecule has 2 fully saturated rings. The van der Waals surface area contributed by atoms with Crippen LogP contribution in [0.25, 0.3) is 5.69 Å². The molecule has 1 N–H and O–H groups in total. The largest absolute Gasteiger partial charge is 0.352 e. The van der Waals surface area contributed by atoms with Crippen molar-refractivity contribution in [2.45, 2.75) is 84.3 Å². The molecule has 4 nitrogen and oxygen atoms in total. The Morgan fingerprint density at radius 2 is 1.82 bits per heavy atom. The van der Waals surface area contributed by atoms with E-state index in [4.69, 9.17) is 17.2 Å². The number of pyridine rings is 1. The number of hydrogen-bond acceptors (Lipinski definition) is 2. The van der Waals surface area contributed by atoms with Gasteiger partial charge in [0.15, 0.2) is 5.11 Å². The van der Waals surface area contributed by atoms with Gasteiger partial charge < -0.3 is 14.8 Å². The van der Waals surface area contributed by atoms with Crippen molar-refractivity contribution >= 4 is 17.3 Å². The highest BCUT2D eigenvalue weighted by molar-refractivity contribution is 7.80. The number of para-hydroxylation sites is 1. The lowest BCUT2D eigenvalue weighted by Gasteiger charge is -2.37. The first-order valence-electron chi connectivity index (χ1n) is 12.8. The van der Waals surface area contributed by atoms with Gasteiger partial charge >= 0.3 is 0 Å². The maximum Gasteiger partial charge on any atom is 0.170 e. The van der Waals surface area contributed by atoms with E-state index in [2.05, 4.69) is 78.9 Å². The third-order valence-electron chi connectivity index (χ3n) is 7.82. The Bertz CT molecular complexity index is 1180. The summed E-state index contributed by atoms with van der Waals surface area (Å²) in [5.41, 5.74) is 9.03. The average molecular weight is 473 g/mol. The van der Waals surface area contributed by atoms with Crippen molar-refractivity contribution in [2.75, 3.05) is 0 Å². The second kappa shape index (κ2) is 9.53. The maximum atomic E-state index is 5.99. The molecule has 3 aromatic rings. The molecule has 1 saturated carbocycles. The predicted octanol–water partition coefficient (Wildman–Crippen LogP) is 6.67. The van der Waals surface area contributed by atoms with E-state index in [0.717, 1.165) is 17.2 Å². The molecule has 1 aliphatic heterocycles. The predicted molar refractivity (Wildman–Crippen MR) is 144 cm³/mol. The molecule has 5 rings (SSSR count). The summed E-state index contributed by atoms with van der Waals surface area (Å²) in [6.45, 7) is 8.99. The molecular formula is C29H36N4S. The van der Waals surface area contributed by atoms with Gasteiger partial charge in [-0.1, -0.05) is 50.5 Å². The summed E-state index contributed by atoms with van der Waals surface area (Å²) < 4.78 is 2.47. The lowest BCUT2D eigenvalue weighted by molar-refractivity contribution is 0.197. The lowest BCUT2D eigenvalue weighted by Crippen LogP contribution is -2.40. The zero-order chi connectivity index (χ0) is 23.8. The molecule has 34 heavy (non-hydrogen) atoms. The zero-order valence-corrected chi connectivity index (χ0v) is 21.7. The molecule has 0 amide bonds. The summed E-state index contributed by atoms with van der Waals surface area (Å²) in [7, 11) is 0. The molecule has 1 aromatic carbocycles. The van der Waals surface area contributed by atoms with Gasteiger partial charge in [-0.15, -0.1) is 0 Å².